The number of anilines is 2. The second-order valence-corrected chi connectivity index (χ2v) is 9.70. The molecule has 0 spiro atoms. The number of piperidine rings is 1. The van der Waals surface area contributed by atoms with Crippen LogP contribution in [0.5, 0.6) is 0 Å². The summed E-state index contributed by atoms with van der Waals surface area (Å²) in [5.41, 5.74) is 2.38. The van der Waals surface area contributed by atoms with Crippen molar-refractivity contribution in [1.29, 1.82) is 0 Å². The molecule has 1 saturated heterocycles. The van der Waals surface area contributed by atoms with Crippen molar-refractivity contribution in [3.63, 3.8) is 0 Å². The molecule has 0 saturated carbocycles. The smallest absolute Gasteiger partial charge is 0.273 e. The molecule has 0 radical (unpaired) electrons. The fraction of sp³-hybridized carbons (Fsp3) is 0.269. The van der Waals surface area contributed by atoms with Gasteiger partial charge >= 0.3 is 0 Å². The van der Waals surface area contributed by atoms with E-state index in [1.807, 2.05) is 16.3 Å². The lowest BCUT2D eigenvalue weighted by molar-refractivity contribution is -0.120. The van der Waals surface area contributed by atoms with Gasteiger partial charge in [0, 0.05) is 24.7 Å². The number of amides is 1. The first-order valence-electron chi connectivity index (χ1n) is 11.4. The molecular weight excluding hydrogens is 470 g/mol. The predicted octanol–water partition coefficient (Wildman–Crippen LogP) is 4.95. The van der Waals surface area contributed by atoms with Crippen molar-refractivity contribution in [2.24, 2.45) is 5.92 Å². The summed E-state index contributed by atoms with van der Waals surface area (Å²) in [6.07, 6.45) is 1.19. The number of fused-ring (bicyclic) bond motifs is 1. The molecule has 3 heterocycles. The highest BCUT2D eigenvalue weighted by molar-refractivity contribution is 7.17. The van der Waals surface area contributed by atoms with Crippen LogP contribution in [0.4, 0.5) is 20.4 Å². The van der Waals surface area contributed by atoms with Crippen LogP contribution >= 0.6 is 11.3 Å². The van der Waals surface area contributed by atoms with E-state index in [9.17, 15) is 18.4 Å². The lowest BCUT2D eigenvalue weighted by Crippen LogP contribution is -2.41. The van der Waals surface area contributed by atoms with Gasteiger partial charge in [0.15, 0.2) is 0 Å². The average Bonchev–Trinajstić information content (AvgIpc) is 3.33. The molecule has 180 valence electrons. The van der Waals surface area contributed by atoms with Crippen LogP contribution in [0.3, 0.4) is 0 Å². The Balaban J connectivity index is 1.35. The molecule has 0 bridgehead atoms. The molecule has 0 atom stereocenters. The minimum atomic E-state index is -0.329. The Morgan fingerprint density at radius 2 is 1.86 bits per heavy atom. The van der Waals surface area contributed by atoms with Gasteiger partial charge in [0.2, 0.25) is 11.9 Å². The Labute approximate surface area is 204 Å². The molecule has 1 amide bonds. The number of aromatic nitrogens is 2. The maximum Gasteiger partial charge on any atom is 0.273 e. The highest BCUT2D eigenvalue weighted by Gasteiger charge is 2.28. The number of carbonyl (C=O) groups excluding carboxylic acids is 1. The maximum absolute atomic E-state index is 13.5. The van der Waals surface area contributed by atoms with Crippen molar-refractivity contribution in [1.82, 2.24) is 9.55 Å². The summed E-state index contributed by atoms with van der Waals surface area (Å²) in [6.45, 7) is 3.06. The summed E-state index contributed by atoms with van der Waals surface area (Å²) in [4.78, 5) is 32.9. The van der Waals surface area contributed by atoms with E-state index < -0.39 is 0 Å². The molecule has 2 aromatic heterocycles. The number of hydrogen-bond donors (Lipinski definition) is 1. The number of thiophene rings is 1. The third-order valence-electron chi connectivity index (χ3n) is 6.37. The standard InChI is InChI=1S/C26H24F2N4O2S/c1-16-14-20(6-7-21(16)28)29-24(33)18-8-11-31(12-9-18)26-30-22-10-13-35-23(22)25(34)32(26)15-17-2-4-19(27)5-3-17/h2-7,10,13-14,18H,8-9,11-12,15H2,1H3,(H,29,33). The van der Waals surface area contributed by atoms with Crippen LogP contribution < -0.4 is 15.8 Å². The molecule has 2 aromatic carbocycles. The van der Waals surface area contributed by atoms with Gasteiger partial charge in [-0.2, -0.15) is 0 Å². The number of carbonyl (C=O) groups is 1. The molecule has 1 fully saturated rings. The third-order valence-corrected chi connectivity index (χ3v) is 7.27. The molecular formula is C26H24F2N4O2S. The summed E-state index contributed by atoms with van der Waals surface area (Å²) < 4.78 is 29.1. The molecule has 1 aliphatic heterocycles. The van der Waals surface area contributed by atoms with E-state index >= 15 is 0 Å². The predicted molar refractivity (Wildman–Crippen MR) is 134 cm³/mol. The van der Waals surface area contributed by atoms with Crippen molar-refractivity contribution in [2.75, 3.05) is 23.3 Å². The zero-order valence-corrected chi connectivity index (χ0v) is 19.9. The highest BCUT2D eigenvalue weighted by atomic mass is 32.1. The first kappa shape index (κ1) is 23.2. The van der Waals surface area contributed by atoms with Crippen LogP contribution in [0, 0.1) is 24.5 Å². The fourth-order valence-electron chi connectivity index (χ4n) is 4.40. The van der Waals surface area contributed by atoms with Crippen LogP contribution in [0.25, 0.3) is 10.2 Å². The van der Waals surface area contributed by atoms with Crippen LogP contribution in [0.15, 0.2) is 58.7 Å². The maximum atomic E-state index is 13.5. The fourth-order valence-corrected chi connectivity index (χ4v) is 5.18. The van der Waals surface area contributed by atoms with E-state index in [0.717, 1.165) is 5.56 Å². The van der Waals surface area contributed by atoms with Gasteiger partial charge in [-0.3, -0.25) is 14.2 Å². The minimum Gasteiger partial charge on any atom is -0.342 e. The normalized spacial score (nSPS) is 14.4. The van der Waals surface area contributed by atoms with Gasteiger partial charge in [-0.1, -0.05) is 12.1 Å². The molecule has 5 rings (SSSR count). The summed E-state index contributed by atoms with van der Waals surface area (Å²) in [6, 6.07) is 12.4. The van der Waals surface area contributed by atoms with E-state index in [1.54, 1.807) is 35.8 Å². The SMILES string of the molecule is Cc1cc(NC(=O)C2CCN(c3nc4ccsc4c(=O)n3Cc3ccc(F)cc3)CC2)ccc1F. The van der Waals surface area contributed by atoms with Crippen molar-refractivity contribution in [2.45, 2.75) is 26.3 Å². The summed E-state index contributed by atoms with van der Waals surface area (Å²) >= 11 is 1.35. The summed E-state index contributed by atoms with van der Waals surface area (Å²) in [7, 11) is 0. The topological polar surface area (TPSA) is 67.2 Å². The Kier molecular flexibility index (Phi) is 6.34. The number of benzene rings is 2. The van der Waals surface area contributed by atoms with Crippen molar-refractivity contribution in [3.05, 3.63) is 87.0 Å². The summed E-state index contributed by atoms with van der Waals surface area (Å²) in [5, 5.41) is 4.73. The Hall–Kier alpha value is -3.59. The molecule has 6 nitrogen and oxygen atoms in total. The van der Waals surface area contributed by atoms with Gasteiger partial charge in [0.1, 0.15) is 16.3 Å². The molecule has 4 aromatic rings. The average molecular weight is 495 g/mol. The first-order chi connectivity index (χ1) is 16.9. The van der Waals surface area contributed by atoms with Gasteiger partial charge in [-0.25, -0.2) is 13.8 Å². The van der Waals surface area contributed by atoms with Gasteiger partial charge in [-0.15, -0.1) is 11.3 Å². The molecule has 9 heteroatoms. The monoisotopic (exact) mass is 494 g/mol. The van der Waals surface area contributed by atoms with Gasteiger partial charge < -0.3 is 10.2 Å². The zero-order chi connectivity index (χ0) is 24.5. The second kappa shape index (κ2) is 9.58. The largest absolute Gasteiger partial charge is 0.342 e. The van der Waals surface area contributed by atoms with Crippen molar-refractivity contribution in [3.8, 4) is 0 Å². The van der Waals surface area contributed by atoms with Gasteiger partial charge in [0.25, 0.3) is 5.56 Å². The number of nitrogens with zero attached hydrogens (tertiary/aromatic N) is 3. The molecule has 0 aliphatic carbocycles. The highest BCUT2D eigenvalue weighted by Crippen LogP contribution is 2.26. The Morgan fingerprint density at radius 1 is 1.11 bits per heavy atom. The van der Waals surface area contributed by atoms with Crippen LogP contribution in [0.2, 0.25) is 0 Å². The quantitative estimate of drug-likeness (QED) is 0.427. The second-order valence-electron chi connectivity index (χ2n) is 8.78. The minimum absolute atomic E-state index is 0.0967. The number of aryl methyl sites for hydroxylation is 1. The lowest BCUT2D eigenvalue weighted by Gasteiger charge is -2.33. The molecule has 35 heavy (non-hydrogen) atoms. The Bertz CT molecular complexity index is 1440. The number of rotatable bonds is 5. The molecule has 1 aliphatic rings. The first-order valence-corrected chi connectivity index (χ1v) is 12.3. The summed E-state index contributed by atoms with van der Waals surface area (Å²) in [5.74, 6) is -0.375. The molecule has 0 unspecified atom stereocenters. The van der Waals surface area contributed by atoms with Crippen molar-refractivity contribution < 1.29 is 13.6 Å². The van der Waals surface area contributed by atoms with Crippen molar-refractivity contribution >= 4 is 39.1 Å². The van der Waals surface area contributed by atoms with E-state index in [2.05, 4.69) is 5.32 Å². The number of hydrogen-bond acceptors (Lipinski definition) is 5. The number of nitrogens with one attached hydrogen (secondary N) is 1. The van der Waals surface area contributed by atoms with Gasteiger partial charge in [-0.05, 0) is 72.7 Å². The molecule has 1 N–H and O–H groups in total. The van der Waals surface area contributed by atoms with E-state index in [0.29, 0.717) is 53.3 Å². The van der Waals surface area contributed by atoms with E-state index in [-0.39, 0.29) is 35.6 Å². The lowest BCUT2D eigenvalue weighted by atomic mass is 9.96. The van der Waals surface area contributed by atoms with Crippen LogP contribution in [-0.4, -0.2) is 28.5 Å². The van der Waals surface area contributed by atoms with Crippen LogP contribution in [0.1, 0.15) is 24.0 Å². The van der Waals surface area contributed by atoms with E-state index in [1.165, 1.54) is 29.5 Å². The van der Waals surface area contributed by atoms with Crippen LogP contribution in [-0.2, 0) is 11.3 Å². The zero-order valence-electron chi connectivity index (χ0n) is 19.1. The number of halogens is 2. The Morgan fingerprint density at radius 3 is 2.57 bits per heavy atom. The van der Waals surface area contributed by atoms with Gasteiger partial charge in [0.05, 0.1) is 12.1 Å². The third kappa shape index (κ3) is 4.81. The van der Waals surface area contributed by atoms with E-state index in [4.69, 9.17) is 4.98 Å².